The van der Waals surface area contributed by atoms with E-state index >= 15 is 0 Å². The van der Waals surface area contributed by atoms with E-state index in [4.69, 9.17) is 11.6 Å². The molecule has 0 saturated carbocycles. The van der Waals surface area contributed by atoms with Gasteiger partial charge in [0.05, 0.1) is 22.5 Å². The van der Waals surface area contributed by atoms with Gasteiger partial charge in [0.15, 0.2) is 0 Å². The molecule has 0 aromatic heterocycles. The Morgan fingerprint density at radius 2 is 1.68 bits per heavy atom. The molecular formula is C25H31ClF3N3O4S. The molecular weight excluding hydrogens is 531 g/mol. The number of sulfonamides is 1. The Hall–Kier alpha value is -2.79. The van der Waals surface area contributed by atoms with Crippen molar-refractivity contribution in [3.63, 3.8) is 0 Å². The molecule has 2 amide bonds. The molecule has 0 aliphatic heterocycles. The summed E-state index contributed by atoms with van der Waals surface area (Å²) in [5, 5.41) is 2.52. The van der Waals surface area contributed by atoms with E-state index in [2.05, 4.69) is 5.32 Å². The maximum atomic E-state index is 13.5. The lowest BCUT2D eigenvalue weighted by Gasteiger charge is -2.32. The Bertz CT molecular complexity index is 1220. The third-order valence-corrected chi connectivity index (χ3v) is 7.31. The maximum Gasteiger partial charge on any atom is 0.416 e. The van der Waals surface area contributed by atoms with Crippen LogP contribution >= 0.6 is 11.6 Å². The van der Waals surface area contributed by atoms with Crippen LogP contribution in [0.15, 0.2) is 42.5 Å². The number of hydrogen-bond donors (Lipinski definition) is 1. The predicted octanol–water partition coefficient (Wildman–Crippen LogP) is 4.77. The summed E-state index contributed by atoms with van der Waals surface area (Å²) in [5.41, 5.74) is 0.0573. The highest BCUT2D eigenvalue weighted by Crippen LogP contribution is 2.36. The van der Waals surface area contributed by atoms with Crippen molar-refractivity contribution < 1.29 is 31.2 Å². The van der Waals surface area contributed by atoms with Gasteiger partial charge in [-0.3, -0.25) is 13.9 Å². The minimum Gasteiger partial charge on any atom is -0.352 e. The summed E-state index contributed by atoms with van der Waals surface area (Å²) in [6.45, 7) is 6.20. The van der Waals surface area contributed by atoms with Crippen LogP contribution in [0.2, 0.25) is 5.02 Å². The number of benzene rings is 2. The van der Waals surface area contributed by atoms with E-state index in [0.717, 1.165) is 24.0 Å². The Kier molecular flexibility index (Phi) is 10.0. The van der Waals surface area contributed by atoms with Crippen LogP contribution in [0, 0.1) is 6.92 Å². The molecule has 2 rings (SSSR count). The monoisotopic (exact) mass is 561 g/mol. The molecule has 204 valence electrons. The number of nitrogens with one attached hydrogen (secondary N) is 1. The minimum atomic E-state index is -4.76. The van der Waals surface area contributed by atoms with E-state index in [1.807, 2.05) is 26.0 Å². The van der Waals surface area contributed by atoms with Gasteiger partial charge in [-0.2, -0.15) is 13.2 Å². The summed E-state index contributed by atoms with van der Waals surface area (Å²) in [6, 6.07) is 8.26. The number of carbonyl (C=O) groups is 2. The smallest absolute Gasteiger partial charge is 0.352 e. The Labute approximate surface area is 220 Å². The second-order valence-corrected chi connectivity index (χ2v) is 11.2. The summed E-state index contributed by atoms with van der Waals surface area (Å²) >= 11 is 6.08. The van der Waals surface area contributed by atoms with Gasteiger partial charge in [0.25, 0.3) is 0 Å². The third kappa shape index (κ3) is 8.36. The van der Waals surface area contributed by atoms with E-state index in [1.54, 1.807) is 19.1 Å². The fourth-order valence-corrected chi connectivity index (χ4v) is 4.54. The van der Waals surface area contributed by atoms with Crippen molar-refractivity contribution in [3.8, 4) is 0 Å². The van der Waals surface area contributed by atoms with Gasteiger partial charge in [0, 0.05) is 12.6 Å². The summed E-state index contributed by atoms with van der Waals surface area (Å²) < 4.78 is 65.7. The molecule has 0 saturated heterocycles. The first-order valence-electron chi connectivity index (χ1n) is 11.5. The van der Waals surface area contributed by atoms with Crippen molar-refractivity contribution in [2.75, 3.05) is 17.1 Å². The summed E-state index contributed by atoms with van der Waals surface area (Å²) in [4.78, 5) is 27.6. The second kappa shape index (κ2) is 12.2. The topological polar surface area (TPSA) is 86.8 Å². The van der Waals surface area contributed by atoms with Crippen molar-refractivity contribution in [2.24, 2.45) is 0 Å². The first-order chi connectivity index (χ1) is 17.0. The highest BCUT2D eigenvalue weighted by Gasteiger charge is 2.34. The fraction of sp³-hybridized carbons (Fsp3) is 0.440. The molecule has 0 radical (unpaired) electrons. The van der Waals surface area contributed by atoms with Crippen LogP contribution in [-0.2, 0) is 32.3 Å². The number of alkyl halides is 3. The molecule has 2 aromatic carbocycles. The number of anilines is 1. The van der Waals surface area contributed by atoms with Crippen LogP contribution in [-0.4, -0.2) is 50.0 Å². The average Bonchev–Trinajstić information content (AvgIpc) is 2.80. The Balaban J connectivity index is 2.49. The number of halogens is 4. The molecule has 12 heteroatoms. The van der Waals surface area contributed by atoms with E-state index in [9.17, 15) is 31.2 Å². The zero-order valence-corrected chi connectivity index (χ0v) is 22.8. The lowest BCUT2D eigenvalue weighted by atomic mass is 10.1. The molecule has 0 heterocycles. The fourth-order valence-electron chi connectivity index (χ4n) is 3.41. The van der Waals surface area contributed by atoms with Crippen LogP contribution in [0.3, 0.4) is 0 Å². The molecule has 1 N–H and O–H groups in total. The molecule has 0 unspecified atom stereocenters. The second-order valence-electron chi connectivity index (χ2n) is 8.93. The van der Waals surface area contributed by atoms with Crippen molar-refractivity contribution in [1.82, 2.24) is 10.2 Å². The molecule has 37 heavy (non-hydrogen) atoms. The van der Waals surface area contributed by atoms with Crippen molar-refractivity contribution >= 4 is 39.1 Å². The Morgan fingerprint density at radius 1 is 1.08 bits per heavy atom. The molecule has 0 aliphatic carbocycles. The number of carbonyl (C=O) groups excluding carboxylic acids is 2. The maximum absolute atomic E-state index is 13.5. The first-order valence-corrected chi connectivity index (χ1v) is 13.8. The van der Waals surface area contributed by atoms with Gasteiger partial charge in [0.1, 0.15) is 12.6 Å². The quantitative estimate of drug-likeness (QED) is 0.453. The molecule has 0 spiro atoms. The van der Waals surface area contributed by atoms with E-state index in [0.29, 0.717) is 22.4 Å². The number of aryl methyl sites for hydroxylation is 1. The minimum absolute atomic E-state index is 0.0257. The Morgan fingerprint density at radius 3 is 2.19 bits per heavy atom. The zero-order valence-electron chi connectivity index (χ0n) is 21.3. The van der Waals surface area contributed by atoms with Crippen LogP contribution < -0.4 is 9.62 Å². The van der Waals surface area contributed by atoms with Crippen LogP contribution in [0.5, 0.6) is 0 Å². The number of rotatable bonds is 10. The first kappa shape index (κ1) is 30.4. The molecule has 2 atom stereocenters. The number of hydrogen-bond acceptors (Lipinski definition) is 4. The van der Waals surface area contributed by atoms with Crippen LogP contribution in [0.25, 0.3) is 0 Å². The average molecular weight is 562 g/mol. The normalized spacial score (nSPS) is 13.5. The van der Waals surface area contributed by atoms with Crippen LogP contribution in [0.4, 0.5) is 18.9 Å². The van der Waals surface area contributed by atoms with E-state index < -0.39 is 51.9 Å². The predicted molar refractivity (Wildman–Crippen MR) is 138 cm³/mol. The summed E-state index contributed by atoms with van der Waals surface area (Å²) in [7, 11) is -4.25. The molecule has 2 aromatic rings. The van der Waals surface area contributed by atoms with Crippen molar-refractivity contribution in [1.29, 1.82) is 0 Å². The summed E-state index contributed by atoms with van der Waals surface area (Å²) in [5.74, 6) is -1.23. The number of amides is 2. The molecule has 0 fully saturated rings. The lowest BCUT2D eigenvalue weighted by Crippen LogP contribution is -2.52. The SMILES string of the molecule is CC[C@H](C)NC(=O)[C@@H](C)N(Cc1ccc(C)cc1)C(=O)CN(c1cc(C(F)(F)F)ccc1Cl)S(C)(=O)=O. The van der Waals surface area contributed by atoms with E-state index in [1.165, 1.54) is 11.8 Å². The highest BCUT2D eigenvalue weighted by molar-refractivity contribution is 7.92. The molecule has 7 nitrogen and oxygen atoms in total. The lowest BCUT2D eigenvalue weighted by molar-refractivity contribution is -0.139. The van der Waals surface area contributed by atoms with Crippen molar-refractivity contribution in [3.05, 3.63) is 64.2 Å². The van der Waals surface area contributed by atoms with Gasteiger partial charge < -0.3 is 10.2 Å². The van der Waals surface area contributed by atoms with Gasteiger partial charge in [0.2, 0.25) is 21.8 Å². The van der Waals surface area contributed by atoms with Gasteiger partial charge in [-0.15, -0.1) is 0 Å². The van der Waals surface area contributed by atoms with Gasteiger partial charge in [-0.05, 0) is 51.0 Å². The standard InChI is InChI=1S/C25H31ClF3N3O4S/c1-6-17(3)30-24(34)18(4)31(14-19-9-7-16(2)8-10-19)23(33)15-32(37(5,35)36)22-13-20(25(27,28)29)11-12-21(22)26/h7-13,17-18H,6,14-15H2,1-5H3,(H,30,34)/t17-,18+/m0/s1. The largest absolute Gasteiger partial charge is 0.416 e. The van der Waals surface area contributed by atoms with Gasteiger partial charge in [-0.25, -0.2) is 8.42 Å². The molecule has 0 bridgehead atoms. The molecule has 0 aliphatic rings. The van der Waals surface area contributed by atoms with E-state index in [-0.39, 0.29) is 17.6 Å². The van der Waals surface area contributed by atoms with Crippen molar-refractivity contribution in [2.45, 2.75) is 58.9 Å². The highest BCUT2D eigenvalue weighted by atomic mass is 35.5. The van der Waals surface area contributed by atoms with Gasteiger partial charge in [-0.1, -0.05) is 48.4 Å². The van der Waals surface area contributed by atoms with Crippen LogP contribution in [0.1, 0.15) is 43.9 Å². The third-order valence-electron chi connectivity index (χ3n) is 5.86. The zero-order chi connectivity index (χ0) is 28.1. The number of nitrogens with zero attached hydrogens (tertiary/aromatic N) is 2. The summed E-state index contributed by atoms with van der Waals surface area (Å²) in [6.07, 6.45) is -3.34. The van der Waals surface area contributed by atoms with Gasteiger partial charge >= 0.3 is 6.18 Å².